The van der Waals surface area contributed by atoms with Gasteiger partial charge in [-0.05, 0) is 92.0 Å². The minimum Gasteiger partial charge on any atom is -0.369 e. The molecule has 0 unspecified atom stereocenters. The SMILES string of the molecule is C[C@H]1CC(C)(C)N(C)c2ccc(/C=C3\C(=O)NC(=S)N(c4ccc(Cl)cc4)C3=O)cc21. The maximum absolute atomic E-state index is 13.2. The molecule has 0 radical (unpaired) electrons. The standard InChI is InChI=1S/C24H24ClN3O2S/c1-14-13-24(2,3)27(4)20-10-5-15(11-18(14)20)12-19-21(29)26-23(31)28(22(19)30)17-8-6-16(25)7-9-17/h5-12,14H,13H2,1-4H3,(H,26,29,31)/b19-12+/t14-/m0/s1. The predicted octanol–water partition coefficient (Wildman–Crippen LogP) is 4.89. The zero-order valence-electron chi connectivity index (χ0n) is 17.9. The van der Waals surface area contributed by atoms with Crippen LogP contribution in [0.3, 0.4) is 0 Å². The molecular weight excluding hydrogens is 430 g/mol. The molecule has 0 bridgehead atoms. The van der Waals surface area contributed by atoms with Crippen LogP contribution in [0.4, 0.5) is 11.4 Å². The summed E-state index contributed by atoms with van der Waals surface area (Å²) in [5.41, 5.74) is 3.86. The van der Waals surface area contributed by atoms with Crippen molar-refractivity contribution < 1.29 is 9.59 Å². The van der Waals surface area contributed by atoms with Crippen molar-refractivity contribution in [2.24, 2.45) is 0 Å². The van der Waals surface area contributed by atoms with Crippen molar-refractivity contribution in [1.29, 1.82) is 0 Å². The van der Waals surface area contributed by atoms with Crippen LogP contribution in [-0.4, -0.2) is 29.5 Å². The molecule has 1 fully saturated rings. The van der Waals surface area contributed by atoms with Gasteiger partial charge in [0.25, 0.3) is 11.8 Å². The van der Waals surface area contributed by atoms with Crippen LogP contribution in [0.25, 0.3) is 6.08 Å². The van der Waals surface area contributed by atoms with Gasteiger partial charge in [-0.1, -0.05) is 24.6 Å². The molecule has 5 nitrogen and oxygen atoms in total. The van der Waals surface area contributed by atoms with Crippen LogP contribution in [0.15, 0.2) is 48.0 Å². The molecule has 160 valence electrons. The summed E-state index contributed by atoms with van der Waals surface area (Å²) >= 11 is 11.2. The Labute approximate surface area is 192 Å². The van der Waals surface area contributed by atoms with E-state index in [9.17, 15) is 9.59 Å². The molecule has 0 aromatic heterocycles. The normalized spacial score (nSPS) is 21.9. The fourth-order valence-corrected chi connectivity index (χ4v) is 4.74. The van der Waals surface area contributed by atoms with E-state index in [-0.39, 0.29) is 16.2 Å². The first kappa shape index (κ1) is 21.5. The number of halogens is 1. The summed E-state index contributed by atoms with van der Waals surface area (Å²) in [4.78, 5) is 29.4. The third-order valence-electron chi connectivity index (χ3n) is 6.16. The van der Waals surface area contributed by atoms with Gasteiger partial charge in [-0.25, -0.2) is 0 Å². The maximum Gasteiger partial charge on any atom is 0.270 e. The van der Waals surface area contributed by atoms with E-state index in [0.29, 0.717) is 16.6 Å². The quantitative estimate of drug-likeness (QED) is 0.399. The van der Waals surface area contributed by atoms with Crippen LogP contribution in [0.5, 0.6) is 0 Å². The summed E-state index contributed by atoms with van der Waals surface area (Å²) in [6, 6.07) is 12.8. The van der Waals surface area contributed by atoms with E-state index in [2.05, 4.69) is 50.2 Å². The maximum atomic E-state index is 13.2. The zero-order valence-corrected chi connectivity index (χ0v) is 19.5. The van der Waals surface area contributed by atoms with Gasteiger partial charge in [-0.15, -0.1) is 0 Å². The third kappa shape index (κ3) is 3.86. The first-order valence-corrected chi connectivity index (χ1v) is 10.9. The van der Waals surface area contributed by atoms with Crippen molar-refractivity contribution in [3.8, 4) is 0 Å². The van der Waals surface area contributed by atoms with Crippen molar-refractivity contribution in [1.82, 2.24) is 5.32 Å². The number of thiocarbonyl (C=S) groups is 1. The Morgan fingerprint density at radius 2 is 1.84 bits per heavy atom. The van der Waals surface area contributed by atoms with Crippen molar-refractivity contribution in [3.05, 3.63) is 64.2 Å². The van der Waals surface area contributed by atoms with Gasteiger partial charge >= 0.3 is 0 Å². The van der Waals surface area contributed by atoms with E-state index in [0.717, 1.165) is 12.0 Å². The second kappa shape index (κ2) is 7.77. The molecule has 2 heterocycles. The van der Waals surface area contributed by atoms with Gasteiger partial charge in [-0.2, -0.15) is 0 Å². The van der Waals surface area contributed by atoms with Gasteiger partial charge in [0.1, 0.15) is 5.57 Å². The summed E-state index contributed by atoms with van der Waals surface area (Å²) in [5, 5.41) is 3.22. The number of amides is 2. The highest BCUT2D eigenvalue weighted by molar-refractivity contribution is 7.80. The van der Waals surface area contributed by atoms with Crippen molar-refractivity contribution in [2.45, 2.75) is 38.6 Å². The van der Waals surface area contributed by atoms with Crippen molar-refractivity contribution in [2.75, 3.05) is 16.8 Å². The lowest BCUT2D eigenvalue weighted by molar-refractivity contribution is -0.122. The molecule has 2 amide bonds. The van der Waals surface area contributed by atoms with E-state index in [4.69, 9.17) is 23.8 Å². The smallest absolute Gasteiger partial charge is 0.270 e. The predicted molar refractivity (Wildman–Crippen MR) is 130 cm³/mol. The van der Waals surface area contributed by atoms with E-state index in [1.165, 1.54) is 16.2 Å². The Morgan fingerprint density at radius 3 is 2.52 bits per heavy atom. The number of rotatable bonds is 2. The Morgan fingerprint density at radius 1 is 1.16 bits per heavy atom. The molecule has 1 atom stereocenters. The van der Waals surface area contributed by atoms with Gasteiger partial charge in [0.15, 0.2) is 5.11 Å². The summed E-state index contributed by atoms with van der Waals surface area (Å²) in [7, 11) is 2.10. The number of hydrogen-bond donors (Lipinski definition) is 1. The number of hydrogen-bond acceptors (Lipinski definition) is 4. The Kier molecular flexibility index (Phi) is 5.40. The summed E-state index contributed by atoms with van der Waals surface area (Å²) in [6.45, 7) is 6.69. The fraction of sp³-hybridized carbons (Fsp3) is 0.292. The van der Waals surface area contributed by atoms with E-state index >= 15 is 0 Å². The molecule has 0 spiro atoms. The van der Waals surface area contributed by atoms with Crippen LogP contribution in [0.1, 0.15) is 44.2 Å². The summed E-state index contributed by atoms with van der Waals surface area (Å²) in [5.74, 6) is -0.585. The first-order chi connectivity index (χ1) is 14.6. The number of carbonyl (C=O) groups excluding carboxylic acids is 2. The zero-order chi connectivity index (χ0) is 22.5. The second-order valence-electron chi connectivity index (χ2n) is 8.73. The lowest BCUT2D eigenvalue weighted by Crippen LogP contribution is -2.54. The lowest BCUT2D eigenvalue weighted by Gasteiger charge is -2.45. The minimum absolute atomic E-state index is 0.0423. The highest BCUT2D eigenvalue weighted by Gasteiger charge is 2.36. The van der Waals surface area contributed by atoms with Crippen LogP contribution in [0, 0.1) is 0 Å². The van der Waals surface area contributed by atoms with Gasteiger partial charge in [0, 0.05) is 23.3 Å². The number of carbonyl (C=O) groups is 2. The number of benzene rings is 2. The van der Waals surface area contributed by atoms with Crippen molar-refractivity contribution >= 4 is 58.2 Å². The minimum atomic E-state index is -0.496. The topological polar surface area (TPSA) is 52.7 Å². The van der Waals surface area contributed by atoms with E-state index < -0.39 is 11.8 Å². The van der Waals surface area contributed by atoms with Crippen LogP contribution < -0.4 is 15.1 Å². The van der Waals surface area contributed by atoms with Gasteiger partial charge < -0.3 is 4.90 Å². The molecule has 2 aliphatic heterocycles. The molecule has 2 aliphatic rings. The van der Waals surface area contributed by atoms with Gasteiger partial charge in [0.05, 0.1) is 5.69 Å². The molecule has 1 saturated heterocycles. The number of nitrogens with zero attached hydrogens (tertiary/aromatic N) is 2. The van der Waals surface area contributed by atoms with Crippen molar-refractivity contribution in [3.63, 3.8) is 0 Å². The number of anilines is 2. The molecule has 31 heavy (non-hydrogen) atoms. The third-order valence-corrected chi connectivity index (χ3v) is 6.69. The van der Waals surface area contributed by atoms with Gasteiger partial charge in [-0.3, -0.25) is 19.8 Å². The summed E-state index contributed by atoms with van der Waals surface area (Å²) < 4.78 is 0. The Balaban J connectivity index is 1.72. The highest BCUT2D eigenvalue weighted by atomic mass is 35.5. The summed E-state index contributed by atoms with van der Waals surface area (Å²) in [6.07, 6.45) is 2.66. The average Bonchev–Trinajstić information content (AvgIpc) is 2.70. The molecule has 2 aromatic rings. The molecule has 0 saturated carbocycles. The van der Waals surface area contributed by atoms with Gasteiger partial charge in [0.2, 0.25) is 0 Å². The monoisotopic (exact) mass is 453 g/mol. The molecular formula is C24H24ClN3O2S. The Bertz CT molecular complexity index is 1120. The molecule has 4 rings (SSSR count). The molecule has 2 aromatic carbocycles. The first-order valence-electron chi connectivity index (χ1n) is 10.1. The molecule has 7 heteroatoms. The van der Waals surface area contributed by atoms with Crippen LogP contribution in [-0.2, 0) is 9.59 Å². The van der Waals surface area contributed by atoms with Crippen LogP contribution in [0.2, 0.25) is 5.02 Å². The lowest BCUT2D eigenvalue weighted by atomic mass is 9.80. The molecule has 1 N–H and O–H groups in total. The van der Waals surface area contributed by atoms with E-state index in [1.54, 1.807) is 30.3 Å². The van der Waals surface area contributed by atoms with Crippen LogP contribution >= 0.6 is 23.8 Å². The largest absolute Gasteiger partial charge is 0.369 e. The Hall–Kier alpha value is -2.70. The molecule has 0 aliphatic carbocycles. The average molecular weight is 454 g/mol. The number of fused-ring (bicyclic) bond motifs is 1. The van der Waals surface area contributed by atoms with E-state index in [1.807, 2.05) is 6.07 Å². The number of nitrogens with one attached hydrogen (secondary N) is 1. The second-order valence-corrected chi connectivity index (χ2v) is 9.55. The fourth-order valence-electron chi connectivity index (χ4n) is 4.33. The highest BCUT2D eigenvalue weighted by Crippen LogP contribution is 2.42.